The first-order valence-corrected chi connectivity index (χ1v) is 13.1. The van der Waals surface area contributed by atoms with E-state index in [-0.39, 0.29) is 41.3 Å². The molecule has 2 aromatic heterocycles. The number of nitriles is 1. The third kappa shape index (κ3) is 6.34. The first-order chi connectivity index (χ1) is 20.8. The number of methoxy groups -OCH3 is 2. The Bertz CT molecular complexity index is 1840. The highest BCUT2D eigenvalue weighted by Gasteiger charge is 2.19. The quantitative estimate of drug-likeness (QED) is 0.185. The van der Waals surface area contributed by atoms with Crippen molar-refractivity contribution in [1.82, 2.24) is 14.5 Å². The molecule has 0 fully saturated rings. The van der Waals surface area contributed by atoms with E-state index in [4.69, 9.17) is 19.5 Å². The number of aromatic nitrogens is 3. The highest BCUT2D eigenvalue weighted by molar-refractivity contribution is 5.93. The smallest absolute Gasteiger partial charge is 0.337 e. The lowest BCUT2D eigenvalue weighted by Gasteiger charge is -2.12. The van der Waals surface area contributed by atoms with Crippen LogP contribution in [0.25, 0.3) is 22.3 Å². The highest BCUT2D eigenvalue weighted by Crippen LogP contribution is 2.29. The number of carbonyl (C=O) groups is 1. The van der Waals surface area contributed by atoms with Gasteiger partial charge in [-0.3, -0.25) is 0 Å². The van der Waals surface area contributed by atoms with Gasteiger partial charge in [0.15, 0.2) is 0 Å². The summed E-state index contributed by atoms with van der Waals surface area (Å²) in [5.41, 5.74) is 2.00. The summed E-state index contributed by atoms with van der Waals surface area (Å²) in [4.78, 5) is 20.9. The second-order valence-corrected chi connectivity index (χ2v) is 9.55. The third-order valence-electron chi connectivity index (χ3n) is 6.77. The van der Waals surface area contributed by atoms with E-state index in [1.807, 2.05) is 10.6 Å². The van der Waals surface area contributed by atoms with Crippen LogP contribution in [0, 0.1) is 28.8 Å². The predicted molar refractivity (Wildman–Crippen MR) is 151 cm³/mol. The minimum atomic E-state index is -0.828. The summed E-state index contributed by atoms with van der Waals surface area (Å²) in [5, 5.41) is 8.90. The number of carbonyl (C=O) groups excluding carboxylic acids is 1. The van der Waals surface area contributed by atoms with Crippen LogP contribution in [0.4, 0.5) is 13.2 Å². The van der Waals surface area contributed by atoms with Crippen molar-refractivity contribution < 1.29 is 32.2 Å². The van der Waals surface area contributed by atoms with Crippen LogP contribution in [-0.4, -0.2) is 41.3 Å². The number of imidazole rings is 1. The van der Waals surface area contributed by atoms with Gasteiger partial charge in [-0.2, -0.15) is 5.26 Å². The molecule has 3 aromatic carbocycles. The van der Waals surface area contributed by atoms with Crippen molar-refractivity contribution in [2.45, 2.75) is 19.6 Å². The average molecular weight is 587 g/mol. The Morgan fingerprint density at radius 1 is 0.953 bits per heavy atom. The summed E-state index contributed by atoms with van der Waals surface area (Å²) >= 11 is 0. The molecule has 0 N–H and O–H groups in total. The largest absolute Gasteiger partial charge is 0.473 e. The van der Waals surface area contributed by atoms with Gasteiger partial charge in [-0.05, 0) is 54.1 Å². The van der Waals surface area contributed by atoms with Crippen LogP contribution in [0.2, 0.25) is 0 Å². The molecule has 0 aliphatic carbocycles. The first-order valence-electron chi connectivity index (χ1n) is 13.1. The second kappa shape index (κ2) is 12.8. The summed E-state index contributed by atoms with van der Waals surface area (Å²) in [5.74, 6) is -2.18. The highest BCUT2D eigenvalue weighted by atomic mass is 19.1. The lowest BCUT2D eigenvalue weighted by molar-refractivity contribution is 0.0601. The van der Waals surface area contributed by atoms with Crippen LogP contribution in [-0.2, 0) is 29.0 Å². The molecular formula is C32H25F3N4O4. The van der Waals surface area contributed by atoms with E-state index < -0.39 is 23.4 Å². The van der Waals surface area contributed by atoms with Crippen molar-refractivity contribution in [3.05, 3.63) is 112 Å². The Morgan fingerprint density at radius 3 is 2.44 bits per heavy atom. The van der Waals surface area contributed by atoms with Gasteiger partial charge in [0.05, 0.1) is 53.2 Å². The SMILES string of the molecule is COCCn1c(Cc2cc(F)c(-c3cccc(OCc4ccc(C#N)cc4F)n3)c(F)c2)nc2ccc(C(=O)OC)cc21. The number of nitrogens with zero attached hydrogens (tertiary/aromatic N) is 4. The maximum Gasteiger partial charge on any atom is 0.337 e. The minimum absolute atomic E-state index is 0.00187. The Labute approximate surface area is 244 Å². The molecule has 0 bridgehead atoms. The number of fused-ring (bicyclic) bond motifs is 1. The van der Waals surface area contributed by atoms with Crippen molar-refractivity contribution in [1.29, 1.82) is 5.26 Å². The van der Waals surface area contributed by atoms with Crippen LogP contribution in [0.3, 0.4) is 0 Å². The van der Waals surface area contributed by atoms with Gasteiger partial charge in [0.1, 0.15) is 29.9 Å². The number of rotatable bonds is 10. The fourth-order valence-electron chi connectivity index (χ4n) is 4.66. The summed E-state index contributed by atoms with van der Waals surface area (Å²) < 4.78 is 62.5. The Hall–Kier alpha value is -5.21. The molecule has 0 spiro atoms. The molecule has 0 saturated heterocycles. The molecule has 5 aromatic rings. The zero-order valence-corrected chi connectivity index (χ0v) is 23.2. The molecule has 2 heterocycles. The molecule has 0 amide bonds. The van der Waals surface area contributed by atoms with Crippen molar-refractivity contribution in [2.75, 3.05) is 20.8 Å². The molecule has 8 nitrogen and oxygen atoms in total. The number of hydrogen-bond donors (Lipinski definition) is 0. The number of pyridine rings is 1. The monoisotopic (exact) mass is 586 g/mol. The van der Waals surface area contributed by atoms with Crippen molar-refractivity contribution in [3.63, 3.8) is 0 Å². The summed E-state index contributed by atoms with van der Waals surface area (Å²) in [6, 6.07) is 17.7. The number of hydrogen-bond acceptors (Lipinski definition) is 7. The normalized spacial score (nSPS) is 11.0. The first kappa shape index (κ1) is 29.3. The van der Waals surface area contributed by atoms with Crippen LogP contribution in [0.15, 0.2) is 66.7 Å². The molecule has 0 unspecified atom stereocenters. The van der Waals surface area contributed by atoms with Gasteiger partial charge in [0.25, 0.3) is 0 Å². The average Bonchev–Trinajstić information content (AvgIpc) is 3.34. The summed E-state index contributed by atoms with van der Waals surface area (Å²) in [7, 11) is 2.85. The Morgan fingerprint density at radius 2 is 1.74 bits per heavy atom. The Kier molecular flexibility index (Phi) is 8.69. The Balaban J connectivity index is 1.40. The van der Waals surface area contributed by atoms with Gasteiger partial charge in [0.2, 0.25) is 5.88 Å². The fourth-order valence-corrected chi connectivity index (χ4v) is 4.66. The lowest BCUT2D eigenvalue weighted by atomic mass is 10.0. The molecule has 0 radical (unpaired) electrons. The van der Waals surface area contributed by atoms with Gasteiger partial charge in [0, 0.05) is 31.7 Å². The predicted octanol–water partition coefficient (Wildman–Crippen LogP) is 5.99. The van der Waals surface area contributed by atoms with Crippen LogP contribution >= 0.6 is 0 Å². The van der Waals surface area contributed by atoms with E-state index in [1.54, 1.807) is 25.3 Å². The van der Waals surface area contributed by atoms with Gasteiger partial charge in [-0.1, -0.05) is 12.1 Å². The molecule has 0 aliphatic heterocycles. The van der Waals surface area contributed by atoms with E-state index in [1.165, 1.54) is 49.6 Å². The zero-order chi connectivity index (χ0) is 30.5. The van der Waals surface area contributed by atoms with Gasteiger partial charge < -0.3 is 18.8 Å². The third-order valence-corrected chi connectivity index (χ3v) is 6.77. The van der Waals surface area contributed by atoms with E-state index in [0.29, 0.717) is 41.1 Å². The molecule has 5 rings (SSSR count). The number of ether oxygens (including phenoxy) is 3. The number of halogens is 3. The molecule has 43 heavy (non-hydrogen) atoms. The zero-order valence-electron chi connectivity index (χ0n) is 23.2. The van der Waals surface area contributed by atoms with Crippen LogP contribution < -0.4 is 4.74 Å². The molecule has 218 valence electrons. The van der Waals surface area contributed by atoms with Crippen molar-refractivity contribution in [2.24, 2.45) is 0 Å². The van der Waals surface area contributed by atoms with Crippen molar-refractivity contribution >= 4 is 17.0 Å². The van der Waals surface area contributed by atoms with Gasteiger partial charge in [-0.25, -0.2) is 27.9 Å². The summed E-state index contributed by atoms with van der Waals surface area (Å²) in [6.45, 7) is 0.562. The van der Waals surface area contributed by atoms with Crippen LogP contribution in [0.5, 0.6) is 5.88 Å². The van der Waals surface area contributed by atoms with Gasteiger partial charge >= 0.3 is 5.97 Å². The minimum Gasteiger partial charge on any atom is -0.473 e. The molecule has 0 atom stereocenters. The van der Waals surface area contributed by atoms with E-state index >= 15 is 8.78 Å². The maximum atomic E-state index is 15.4. The number of benzene rings is 3. The molecule has 11 heteroatoms. The second-order valence-electron chi connectivity index (χ2n) is 9.55. The molecule has 0 aliphatic rings. The van der Waals surface area contributed by atoms with E-state index in [2.05, 4.69) is 9.97 Å². The van der Waals surface area contributed by atoms with E-state index in [9.17, 15) is 9.18 Å². The maximum absolute atomic E-state index is 15.4. The molecular weight excluding hydrogens is 561 g/mol. The fraction of sp³-hybridized carbons (Fsp3) is 0.188. The lowest BCUT2D eigenvalue weighted by Crippen LogP contribution is -2.10. The topological polar surface area (TPSA) is 99.3 Å². The standard InChI is InChI=1S/C32H25F3N4O4/c1-41-11-10-39-28-16-21(32(40)42-2)8-9-26(28)37-29(39)15-20-13-24(34)31(25(35)14-20)27-4-3-5-30(38-27)43-18-22-7-6-19(17-36)12-23(22)33/h3-9,12-14,16H,10-11,15,18H2,1-2H3. The van der Waals surface area contributed by atoms with Crippen LogP contribution in [0.1, 0.15) is 32.9 Å². The van der Waals surface area contributed by atoms with E-state index in [0.717, 1.165) is 6.07 Å². The van der Waals surface area contributed by atoms with Gasteiger partial charge in [-0.15, -0.1) is 0 Å². The molecule has 0 saturated carbocycles. The number of esters is 1. The summed E-state index contributed by atoms with van der Waals surface area (Å²) in [6.07, 6.45) is 0.104. The van der Waals surface area contributed by atoms with Crippen molar-refractivity contribution in [3.8, 4) is 23.2 Å².